The van der Waals surface area contributed by atoms with Crippen LogP contribution in [-0.4, -0.2) is 39.4 Å². The number of aromatic nitrogens is 3. The Kier molecular flexibility index (Phi) is 6.28. The Hall–Kier alpha value is -3.33. The number of carbonyl (C=O) groups excluding carboxylic acids is 2. The number of ether oxygens (including phenoxy) is 1. The van der Waals surface area contributed by atoms with Crippen molar-refractivity contribution in [3.63, 3.8) is 0 Å². The van der Waals surface area contributed by atoms with E-state index in [1.165, 1.54) is 11.8 Å². The highest BCUT2D eigenvalue weighted by molar-refractivity contribution is 7.99. The molecule has 2 amide bonds. The van der Waals surface area contributed by atoms with Crippen molar-refractivity contribution in [2.24, 2.45) is 5.73 Å². The lowest BCUT2D eigenvalue weighted by Crippen LogP contribution is -2.18. The van der Waals surface area contributed by atoms with E-state index in [2.05, 4.69) is 15.5 Å². The summed E-state index contributed by atoms with van der Waals surface area (Å²) in [4.78, 5) is 23.7. The minimum absolute atomic E-state index is 0.0102. The molecule has 8 nitrogen and oxygen atoms in total. The number of anilines is 1. The van der Waals surface area contributed by atoms with Crippen molar-refractivity contribution < 1.29 is 14.3 Å². The quantitative estimate of drug-likeness (QED) is 0.563. The Morgan fingerprint density at radius 1 is 1.14 bits per heavy atom. The Morgan fingerprint density at radius 3 is 2.64 bits per heavy atom. The number of benzene rings is 2. The van der Waals surface area contributed by atoms with Gasteiger partial charge in [0, 0.05) is 17.4 Å². The van der Waals surface area contributed by atoms with E-state index in [9.17, 15) is 9.59 Å². The second-order valence-electron chi connectivity index (χ2n) is 5.78. The zero-order valence-corrected chi connectivity index (χ0v) is 16.0. The molecule has 0 bridgehead atoms. The van der Waals surface area contributed by atoms with Crippen LogP contribution in [0.2, 0.25) is 0 Å². The van der Waals surface area contributed by atoms with Crippen LogP contribution in [0.1, 0.15) is 5.82 Å². The minimum atomic E-state index is -0.454. The molecule has 3 rings (SSSR count). The van der Waals surface area contributed by atoms with Crippen LogP contribution in [-0.2, 0) is 16.0 Å². The molecule has 9 heteroatoms. The first kappa shape index (κ1) is 19.4. The molecule has 1 aromatic heterocycles. The van der Waals surface area contributed by atoms with Crippen molar-refractivity contribution in [3.05, 3.63) is 60.4 Å². The van der Waals surface area contributed by atoms with E-state index in [1.807, 2.05) is 30.3 Å². The van der Waals surface area contributed by atoms with Crippen molar-refractivity contribution in [1.29, 1.82) is 0 Å². The lowest BCUT2D eigenvalue weighted by atomic mass is 10.2. The number of thioether (sulfide) groups is 1. The molecule has 0 unspecified atom stereocenters. The molecule has 0 saturated carbocycles. The van der Waals surface area contributed by atoms with Gasteiger partial charge in [0.15, 0.2) is 5.16 Å². The molecule has 3 N–H and O–H groups in total. The smallest absolute Gasteiger partial charge is 0.232 e. The van der Waals surface area contributed by atoms with Crippen LogP contribution in [0.5, 0.6) is 5.75 Å². The summed E-state index contributed by atoms with van der Waals surface area (Å²) in [5.74, 6) is 0.476. The van der Waals surface area contributed by atoms with Crippen molar-refractivity contribution in [1.82, 2.24) is 14.8 Å². The molecule has 0 saturated heterocycles. The van der Waals surface area contributed by atoms with Crippen LogP contribution in [0, 0.1) is 0 Å². The first-order valence-electron chi connectivity index (χ1n) is 8.41. The standard InChI is InChI=1S/C19H19N5O3S/c1-27-15-9-5-6-13(10-15)21-18(26)11-17-22-23-19(28-12-16(20)25)24(17)14-7-3-2-4-8-14/h2-10H,11-12H2,1H3,(H2,20,25)(H,21,26). The first-order chi connectivity index (χ1) is 13.6. The van der Waals surface area contributed by atoms with Crippen LogP contribution in [0.4, 0.5) is 5.69 Å². The normalized spacial score (nSPS) is 10.5. The highest BCUT2D eigenvalue weighted by Gasteiger charge is 2.18. The summed E-state index contributed by atoms with van der Waals surface area (Å²) >= 11 is 1.17. The average Bonchev–Trinajstić information content (AvgIpc) is 3.09. The molecule has 0 radical (unpaired) electrons. The van der Waals surface area contributed by atoms with Crippen molar-refractivity contribution in [2.45, 2.75) is 11.6 Å². The molecular formula is C19H19N5O3S. The molecule has 1 heterocycles. The van der Waals surface area contributed by atoms with Gasteiger partial charge in [-0.3, -0.25) is 14.2 Å². The van der Waals surface area contributed by atoms with Gasteiger partial charge in [0.2, 0.25) is 11.8 Å². The molecule has 0 aliphatic rings. The third-order valence-corrected chi connectivity index (χ3v) is 4.68. The van der Waals surface area contributed by atoms with E-state index in [1.54, 1.807) is 35.9 Å². The van der Waals surface area contributed by atoms with Crippen molar-refractivity contribution in [3.8, 4) is 11.4 Å². The Bertz CT molecular complexity index is 975. The topological polar surface area (TPSA) is 112 Å². The molecule has 0 aliphatic carbocycles. The maximum Gasteiger partial charge on any atom is 0.232 e. The van der Waals surface area contributed by atoms with E-state index in [4.69, 9.17) is 10.5 Å². The van der Waals surface area contributed by atoms with Gasteiger partial charge in [-0.15, -0.1) is 10.2 Å². The number of hydrogen-bond acceptors (Lipinski definition) is 6. The fraction of sp³-hybridized carbons (Fsp3) is 0.158. The molecular weight excluding hydrogens is 378 g/mol. The summed E-state index contributed by atoms with van der Waals surface area (Å²) in [5, 5.41) is 11.6. The Morgan fingerprint density at radius 2 is 1.93 bits per heavy atom. The number of nitrogens with zero attached hydrogens (tertiary/aromatic N) is 3. The predicted molar refractivity (Wildman–Crippen MR) is 107 cm³/mol. The number of carbonyl (C=O) groups is 2. The summed E-state index contributed by atoms with van der Waals surface area (Å²) in [6.07, 6.45) is 0.0102. The molecule has 0 atom stereocenters. The minimum Gasteiger partial charge on any atom is -0.497 e. The maximum atomic E-state index is 12.5. The predicted octanol–water partition coefficient (Wildman–Crippen LogP) is 2.03. The summed E-state index contributed by atoms with van der Waals surface area (Å²) in [6.45, 7) is 0. The first-order valence-corrected chi connectivity index (χ1v) is 9.40. The molecule has 0 spiro atoms. The lowest BCUT2D eigenvalue weighted by molar-refractivity contribution is -0.116. The number of rotatable bonds is 8. The maximum absolute atomic E-state index is 12.5. The SMILES string of the molecule is COc1cccc(NC(=O)Cc2nnc(SCC(N)=O)n2-c2ccccc2)c1. The number of methoxy groups -OCH3 is 1. The van der Waals surface area contributed by atoms with Crippen LogP contribution in [0.3, 0.4) is 0 Å². The van der Waals surface area contributed by atoms with Gasteiger partial charge >= 0.3 is 0 Å². The molecule has 144 valence electrons. The summed E-state index contributed by atoms with van der Waals surface area (Å²) < 4.78 is 6.91. The van der Waals surface area contributed by atoms with E-state index in [0.717, 1.165) is 5.69 Å². The Labute approximate surface area is 166 Å². The molecule has 3 aromatic rings. The largest absolute Gasteiger partial charge is 0.497 e. The van der Waals surface area contributed by atoms with E-state index in [-0.39, 0.29) is 18.1 Å². The van der Waals surface area contributed by atoms with Crippen LogP contribution in [0.25, 0.3) is 5.69 Å². The number of nitrogens with two attached hydrogens (primary N) is 1. The lowest BCUT2D eigenvalue weighted by Gasteiger charge is -2.10. The second kappa shape index (κ2) is 9.05. The fourth-order valence-corrected chi connectivity index (χ4v) is 3.24. The third-order valence-electron chi connectivity index (χ3n) is 3.73. The van der Waals surface area contributed by atoms with Crippen molar-refractivity contribution >= 4 is 29.3 Å². The number of nitrogens with one attached hydrogen (secondary N) is 1. The average molecular weight is 397 g/mol. The number of primary amides is 1. The van der Waals surface area contributed by atoms with Gasteiger partial charge in [-0.05, 0) is 24.3 Å². The van der Waals surface area contributed by atoms with Gasteiger partial charge < -0.3 is 15.8 Å². The number of amides is 2. The number of para-hydroxylation sites is 1. The fourth-order valence-electron chi connectivity index (χ4n) is 2.53. The van der Waals surface area contributed by atoms with Gasteiger partial charge in [-0.1, -0.05) is 36.0 Å². The highest BCUT2D eigenvalue weighted by Crippen LogP contribution is 2.22. The van der Waals surface area contributed by atoms with Gasteiger partial charge in [0.05, 0.1) is 19.3 Å². The van der Waals surface area contributed by atoms with E-state index >= 15 is 0 Å². The van der Waals surface area contributed by atoms with E-state index in [0.29, 0.717) is 22.4 Å². The van der Waals surface area contributed by atoms with E-state index < -0.39 is 5.91 Å². The monoisotopic (exact) mass is 397 g/mol. The van der Waals surface area contributed by atoms with Crippen LogP contribution >= 0.6 is 11.8 Å². The molecule has 28 heavy (non-hydrogen) atoms. The molecule has 0 fully saturated rings. The van der Waals surface area contributed by atoms with Crippen LogP contribution < -0.4 is 15.8 Å². The third kappa shape index (κ3) is 4.89. The Balaban J connectivity index is 1.82. The second-order valence-corrected chi connectivity index (χ2v) is 6.72. The van der Waals surface area contributed by atoms with Crippen molar-refractivity contribution in [2.75, 3.05) is 18.2 Å². The summed E-state index contributed by atoms with van der Waals surface area (Å²) in [7, 11) is 1.56. The highest BCUT2D eigenvalue weighted by atomic mass is 32.2. The summed E-state index contributed by atoms with van der Waals surface area (Å²) in [6, 6.07) is 16.5. The molecule has 0 aliphatic heterocycles. The van der Waals surface area contributed by atoms with Gasteiger partial charge in [0.25, 0.3) is 0 Å². The summed E-state index contributed by atoms with van der Waals surface area (Å²) in [5.41, 5.74) is 6.65. The molecule has 2 aromatic carbocycles. The number of hydrogen-bond donors (Lipinski definition) is 2. The van der Waals surface area contributed by atoms with Crippen LogP contribution in [0.15, 0.2) is 59.8 Å². The van der Waals surface area contributed by atoms with Gasteiger partial charge in [0.1, 0.15) is 11.6 Å². The van der Waals surface area contributed by atoms with Gasteiger partial charge in [-0.25, -0.2) is 0 Å². The van der Waals surface area contributed by atoms with Gasteiger partial charge in [-0.2, -0.15) is 0 Å². The zero-order valence-electron chi connectivity index (χ0n) is 15.2. The zero-order chi connectivity index (χ0) is 19.9.